The fourth-order valence-electron chi connectivity index (χ4n) is 1.27. The lowest BCUT2D eigenvalue weighted by Gasteiger charge is -2.06. The first-order chi connectivity index (χ1) is 6.63. The highest BCUT2D eigenvalue weighted by molar-refractivity contribution is 7.11. The van der Waals surface area contributed by atoms with Gasteiger partial charge in [-0.05, 0) is 19.4 Å². The van der Waals surface area contributed by atoms with E-state index in [0.717, 1.165) is 23.0 Å². The van der Waals surface area contributed by atoms with Crippen molar-refractivity contribution in [2.75, 3.05) is 6.54 Å². The zero-order chi connectivity index (χ0) is 10.6. The molecule has 0 aromatic carbocycles. The molecule has 1 heterocycles. The minimum Gasteiger partial charge on any atom is -0.308 e. The normalized spacial score (nSPS) is 13.5. The maximum absolute atomic E-state index is 4.19. The predicted molar refractivity (Wildman–Crippen MR) is 60.5 cm³/mol. The van der Waals surface area contributed by atoms with Crippen molar-refractivity contribution in [3.05, 3.63) is 10.0 Å². The number of hydrogen-bond donors (Lipinski definition) is 1. The van der Waals surface area contributed by atoms with E-state index in [9.17, 15) is 0 Å². The van der Waals surface area contributed by atoms with Crippen molar-refractivity contribution < 1.29 is 0 Å². The molecular formula is C10H19N3S. The van der Waals surface area contributed by atoms with Crippen LogP contribution in [-0.2, 0) is 6.42 Å². The van der Waals surface area contributed by atoms with Crippen LogP contribution in [0, 0.1) is 5.92 Å². The highest BCUT2D eigenvalue weighted by Gasteiger charge is 2.11. The van der Waals surface area contributed by atoms with Gasteiger partial charge in [-0.1, -0.05) is 32.1 Å². The molecule has 0 amide bonds. The molecule has 14 heavy (non-hydrogen) atoms. The van der Waals surface area contributed by atoms with Crippen molar-refractivity contribution in [3.8, 4) is 0 Å². The summed E-state index contributed by atoms with van der Waals surface area (Å²) in [6, 6.07) is 0.332. The first-order valence-electron chi connectivity index (χ1n) is 5.19. The van der Waals surface area contributed by atoms with Crippen molar-refractivity contribution >= 4 is 11.3 Å². The van der Waals surface area contributed by atoms with Crippen molar-refractivity contribution in [3.63, 3.8) is 0 Å². The Kier molecular flexibility index (Phi) is 4.48. The van der Waals surface area contributed by atoms with E-state index in [4.69, 9.17) is 0 Å². The first-order valence-corrected chi connectivity index (χ1v) is 6.00. The fourth-order valence-corrected chi connectivity index (χ4v) is 2.35. The second-order valence-electron chi connectivity index (χ2n) is 3.91. The molecule has 1 unspecified atom stereocenters. The molecule has 0 radical (unpaired) electrons. The highest BCUT2D eigenvalue weighted by atomic mass is 32.1. The zero-order valence-electron chi connectivity index (χ0n) is 9.37. The predicted octanol–water partition coefficient (Wildman–Crippen LogP) is 2.41. The minimum absolute atomic E-state index is 0.332. The van der Waals surface area contributed by atoms with Gasteiger partial charge in [-0.3, -0.25) is 0 Å². The number of nitrogens with zero attached hydrogens (tertiary/aromatic N) is 2. The number of nitrogens with one attached hydrogen (secondary N) is 1. The van der Waals surface area contributed by atoms with Gasteiger partial charge in [-0.15, -0.1) is 10.2 Å². The molecule has 3 nitrogen and oxygen atoms in total. The summed E-state index contributed by atoms with van der Waals surface area (Å²) in [5, 5.41) is 14.0. The van der Waals surface area contributed by atoms with Crippen molar-refractivity contribution in [2.24, 2.45) is 5.92 Å². The molecule has 0 aliphatic heterocycles. The Morgan fingerprint density at radius 3 is 2.57 bits per heavy atom. The summed E-state index contributed by atoms with van der Waals surface area (Å²) in [7, 11) is 0. The fraction of sp³-hybridized carbons (Fsp3) is 0.800. The minimum atomic E-state index is 0.332. The van der Waals surface area contributed by atoms with E-state index in [1.807, 2.05) is 0 Å². The van der Waals surface area contributed by atoms with Crippen LogP contribution >= 0.6 is 11.3 Å². The van der Waals surface area contributed by atoms with Crippen LogP contribution in [0.25, 0.3) is 0 Å². The molecule has 1 aromatic heterocycles. The van der Waals surface area contributed by atoms with E-state index >= 15 is 0 Å². The summed E-state index contributed by atoms with van der Waals surface area (Å²) in [6.07, 6.45) is 1.04. The third kappa shape index (κ3) is 3.35. The van der Waals surface area contributed by atoms with Gasteiger partial charge in [0.1, 0.15) is 10.0 Å². The first kappa shape index (κ1) is 11.6. The Labute approximate surface area is 89.9 Å². The van der Waals surface area contributed by atoms with Crippen LogP contribution in [-0.4, -0.2) is 16.7 Å². The van der Waals surface area contributed by atoms with Gasteiger partial charge >= 0.3 is 0 Å². The summed E-state index contributed by atoms with van der Waals surface area (Å²) in [4.78, 5) is 0. The average Bonchev–Trinajstić information content (AvgIpc) is 2.52. The van der Waals surface area contributed by atoms with Crippen molar-refractivity contribution in [1.29, 1.82) is 0 Å². The van der Waals surface area contributed by atoms with E-state index < -0.39 is 0 Å². The molecule has 0 saturated heterocycles. The molecular weight excluding hydrogens is 194 g/mol. The molecule has 1 rings (SSSR count). The van der Waals surface area contributed by atoms with Crippen molar-refractivity contribution in [1.82, 2.24) is 15.5 Å². The second kappa shape index (κ2) is 5.41. The van der Waals surface area contributed by atoms with Crippen LogP contribution < -0.4 is 5.32 Å². The van der Waals surface area contributed by atoms with Crippen LogP contribution in [0.4, 0.5) is 0 Å². The summed E-state index contributed by atoms with van der Waals surface area (Å²) >= 11 is 1.72. The largest absolute Gasteiger partial charge is 0.308 e. The van der Waals surface area contributed by atoms with E-state index in [-0.39, 0.29) is 0 Å². The van der Waals surface area contributed by atoms with Gasteiger partial charge in [0, 0.05) is 6.42 Å². The second-order valence-corrected chi connectivity index (χ2v) is 5.01. The molecule has 0 aliphatic rings. The van der Waals surface area contributed by atoms with E-state index in [1.165, 1.54) is 0 Å². The molecule has 0 bridgehead atoms. The van der Waals surface area contributed by atoms with Gasteiger partial charge in [0.05, 0.1) is 6.04 Å². The number of aromatic nitrogens is 2. The van der Waals surface area contributed by atoms with Crippen molar-refractivity contribution in [2.45, 2.75) is 40.2 Å². The number of hydrogen-bond acceptors (Lipinski definition) is 4. The van der Waals surface area contributed by atoms with Gasteiger partial charge in [0.15, 0.2) is 0 Å². The Bertz CT molecular complexity index is 270. The van der Waals surface area contributed by atoms with Gasteiger partial charge in [0.2, 0.25) is 0 Å². The lowest BCUT2D eigenvalue weighted by molar-refractivity contribution is 0.588. The summed E-state index contributed by atoms with van der Waals surface area (Å²) < 4.78 is 0. The molecule has 0 saturated carbocycles. The average molecular weight is 213 g/mol. The summed E-state index contributed by atoms with van der Waals surface area (Å²) in [6.45, 7) is 9.61. The monoisotopic (exact) mass is 213 g/mol. The van der Waals surface area contributed by atoms with Crippen LogP contribution in [0.5, 0.6) is 0 Å². The number of rotatable bonds is 5. The topological polar surface area (TPSA) is 37.8 Å². The zero-order valence-corrected chi connectivity index (χ0v) is 10.2. The Hall–Kier alpha value is -0.480. The van der Waals surface area contributed by atoms with Gasteiger partial charge in [0.25, 0.3) is 0 Å². The van der Waals surface area contributed by atoms with Gasteiger partial charge < -0.3 is 5.32 Å². The lowest BCUT2D eigenvalue weighted by atomic mass is 10.1. The standard InChI is InChI=1S/C10H19N3S/c1-5-11-8(4)10-13-12-9(14-10)6-7(2)3/h7-8,11H,5-6H2,1-4H3. The summed E-state index contributed by atoms with van der Waals surface area (Å²) in [5.41, 5.74) is 0. The SMILES string of the molecule is CCNC(C)c1nnc(CC(C)C)s1. The molecule has 1 N–H and O–H groups in total. The third-order valence-electron chi connectivity index (χ3n) is 1.95. The summed E-state index contributed by atoms with van der Waals surface area (Å²) in [5.74, 6) is 0.658. The quantitative estimate of drug-likeness (QED) is 0.816. The highest BCUT2D eigenvalue weighted by Crippen LogP contribution is 2.19. The van der Waals surface area contributed by atoms with Gasteiger partial charge in [-0.2, -0.15) is 0 Å². The maximum atomic E-state index is 4.19. The van der Waals surface area contributed by atoms with Crippen LogP contribution in [0.3, 0.4) is 0 Å². The Balaban J connectivity index is 2.58. The molecule has 4 heteroatoms. The lowest BCUT2D eigenvalue weighted by Crippen LogP contribution is -2.17. The van der Waals surface area contributed by atoms with E-state index in [0.29, 0.717) is 12.0 Å². The molecule has 0 spiro atoms. The van der Waals surface area contributed by atoms with Gasteiger partial charge in [-0.25, -0.2) is 0 Å². The third-order valence-corrected chi connectivity index (χ3v) is 3.07. The van der Waals surface area contributed by atoms with E-state index in [1.54, 1.807) is 11.3 Å². The molecule has 1 aromatic rings. The van der Waals surface area contributed by atoms with Crippen LogP contribution in [0.1, 0.15) is 43.8 Å². The maximum Gasteiger partial charge on any atom is 0.134 e. The molecule has 1 atom stereocenters. The molecule has 80 valence electrons. The molecule has 0 fully saturated rings. The smallest absolute Gasteiger partial charge is 0.134 e. The Morgan fingerprint density at radius 2 is 2.00 bits per heavy atom. The van der Waals surface area contributed by atoms with Crippen LogP contribution in [0.2, 0.25) is 0 Å². The Morgan fingerprint density at radius 1 is 1.29 bits per heavy atom. The van der Waals surface area contributed by atoms with Crippen LogP contribution in [0.15, 0.2) is 0 Å². The molecule has 0 aliphatic carbocycles. The van der Waals surface area contributed by atoms with E-state index in [2.05, 4.69) is 43.2 Å².